The van der Waals surface area contributed by atoms with Crippen LogP contribution in [0.25, 0.3) is 11.0 Å². The number of likely N-dealkylation sites (tertiary alicyclic amines) is 1. The largest absolute Gasteiger partial charge is 0.459 e. The van der Waals surface area contributed by atoms with Crippen LogP contribution in [0, 0.1) is 11.8 Å². The number of fused-ring (bicyclic) bond motifs is 1. The maximum absolute atomic E-state index is 13.0. The number of ether oxygens (including phenoxy) is 2. The molecule has 37 heavy (non-hydrogen) atoms. The molecule has 2 aromatic rings. The average Bonchev–Trinajstić information content (AvgIpc) is 3.07. The molecule has 0 bridgehead atoms. The normalized spacial score (nSPS) is 19.4. The number of hydrogen-bond acceptors (Lipinski definition) is 7. The lowest BCUT2D eigenvalue weighted by Gasteiger charge is -2.31. The van der Waals surface area contributed by atoms with E-state index < -0.39 is 17.6 Å². The quantitative estimate of drug-likeness (QED) is 0.369. The van der Waals surface area contributed by atoms with Crippen molar-refractivity contribution in [2.75, 3.05) is 26.2 Å². The summed E-state index contributed by atoms with van der Waals surface area (Å²) in [6.45, 7) is 7.62. The summed E-state index contributed by atoms with van der Waals surface area (Å²) in [5, 5.41) is 2.32. The van der Waals surface area contributed by atoms with Crippen molar-refractivity contribution >= 4 is 28.8 Å². The summed E-state index contributed by atoms with van der Waals surface area (Å²) in [6.07, 6.45) is 2.16. The highest BCUT2D eigenvalue weighted by molar-refractivity contribution is 6.00. The van der Waals surface area contributed by atoms with Crippen molar-refractivity contribution in [3.05, 3.63) is 34.2 Å². The minimum absolute atomic E-state index is 0.0675. The van der Waals surface area contributed by atoms with E-state index in [0.29, 0.717) is 16.6 Å². The summed E-state index contributed by atoms with van der Waals surface area (Å²) in [4.78, 5) is 51.1. The minimum atomic E-state index is -0.735. The maximum atomic E-state index is 13.0. The number of piperidine rings is 2. The van der Waals surface area contributed by atoms with Crippen molar-refractivity contribution in [2.24, 2.45) is 7.05 Å². The predicted molar refractivity (Wildman–Crippen MR) is 137 cm³/mol. The molecule has 2 aliphatic rings. The summed E-state index contributed by atoms with van der Waals surface area (Å²) in [5.74, 6) is 5.16. The van der Waals surface area contributed by atoms with E-state index in [0.717, 1.165) is 25.9 Å². The Balaban J connectivity index is 1.37. The lowest BCUT2D eigenvalue weighted by molar-refractivity contribution is -0.156. The number of imide groups is 1. The molecule has 10 nitrogen and oxygen atoms in total. The van der Waals surface area contributed by atoms with Gasteiger partial charge in [-0.2, -0.15) is 0 Å². The number of carbonyl (C=O) groups is 3. The first-order valence-electron chi connectivity index (χ1n) is 12.6. The number of benzene rings is 1. The highest BCUT2D eigenvalue weighted by Gasteiger charge is 2.31. The number of aryl methyl sites for hydroxylation is 1. The molecule has 2 amide bonds. The fourth-order valence-corrected chi connectivity index (χ4v) is 4.85. The smallest absolute Gasteiger partial charge is 0.329 e. The van der Waals surface area contributed by atoms with Crippen LogP contribution in [0.5, 0.6) is 0 Å². The van der Waals surface area contributed by atoms with Crippen molar-refractivity contribution in [3.8, 4) is 11.8 Å². The molecule has 3 heterocycles. The SMILES string of the molecule is Cn1c(=O)n(C2CCC(=O)NC2=O)c2cccc(C#CCOC3CCN(CC(=O)OC(C)(C)C)CC3)c21. The molecule has 1 aromatic carbocycles. The van der Waals surface area contributed by atoms with Gasteiger partial charge in [0, 0.05) is 26.6 Å². The number of hydrogen-bond donors (Lipinski definition) is 1. The van der Waals surface area contributed by atoms with Gasteiger partial charge in [0.2, 0.25) is 11.8 Å². The summed E-state index contributed by atoms with van der Waals surface area (Å²) < 4.78 is 14.3. The first-order valence-corrected chi connectivity index (χ1v) is 12.6. The van der Waals surface area contributed by atoms with Gasteiger partial charge in [0.1, 0.15) is 18.2 Å². The first-order chi connectivity index (χ1) is 17.5. The monoisotopic (exact) mass is 510 g/mol. The summed E-state index contributed by atoms with van der Waals surface area (Å²) >= 11 is 0. The molecule has 2 aliphatic heterocycles. The third-order valence-electron chi connectivity index (χ3n) is 6.55. The van der Waals surface area contributed by atoms with Crippen LogP contribution in [0.15, 0.2) is 23.0 Å². The number of para-hydroxylation sites is 1. The van der Waals surface area contributed by atoms with Gasteiger partial charge in [0.15, 0.2) is 0 Å². The standard InChI is InChI=1S/C27H34N4O6/c1-27(2,3)37-23(33)17-30-14-12-19(13-15-30)36-16-6-8-18-7-5-9-20-24(18)29(4)26(35)31(20)21-10-11-22(32)28-25(21)34/h5,7,9,19,21H,10-17H2,1-4H3,(H,28,32,34). The molecular formula is C27H34N4O6. The molecule has 0 saturated carbocycles. The van der Waals surface area contributed by atoms with Gasteiger partial charge in [0.05, 0.1) is 29.2 Å². The van der Waals surface area contributed by atoms with E-state index in [1.807, 2.05) is 26.8 Å². The van der Waals surface area contributed by atoms with Crippen molar-refractivity contribution in [3.63, 3.8) is 0 Å². The van der Waals surface area contributed by atoms with E-state index in [-0.39, 0.29) is 49.7 Å². The van der Waals surface area contributed by atoms with Gasteiger partial charge in [-0.05, 0) is 52.2 Å². The molecule has 1 unspecified atom stereocenters. The van der Waals surface area contributed by atoms with E-state index in [1.54, 1.807) is 19.2 Å². The summed E-state index contributed by atoms with van der Waals surface area (Å²) in [6, 6.07) is 4.68. The zero-order valence-electron chi connectivity index (χ0n) is 21.8. The minimum Gasteiger partial charge on any atom is -0.459 e. The Morgan fingerprint density at radius 1 is 1.14 bits per heavy atom. The zero-order valence-corrected chi connectivity index (χ0v) is 21.8. The number of nitrogens with one attached hydrogen (secondary N) is 1. The number of nitrogens with zero attached hydrogens (tertiary/aromatic N) is 3. The molecule has 2 saturated heterocycles. The van der Waals surface area contributed by atoms with Gasteiger partial charge in [-0.25, -0.2) is 4.79 Å². The van der Waals surface area contributed by atoms with Gasteiger partial charge in [0.25, 0.3) is 0 Å². The van der Waals surface area contributed by atoms with Crippen LogP contribution in [0.3, 0.4) is 0 Å². The molecule has 1 atom stereocenters. The summed E-state index contributed by atoms with van der Waals surface area (Å²) in [5.41, 5.74) is 1.10. The number of aromatic nitrogens is 2. The van der Waals surface area contributed by atoms with Gasteiger partial charge < -0.3 is 9.47 Å². The van der Waals surface area contributed by atoms with Gasteiger partial charge in [-0.1, -0.05) is 17.9 Å². The first kappa shape index (κ1) is 26.6. The lowest BCUT2D eigenvalue weighted by atomic mass is 10.1. The van der Waals surface area contributed by atoms with E-state index in [4.69, 9.17) is 9.47 Å². The third-order valence-corrected chi connectivity index (χ3v) is 6.55. The molecule has 1 N–H and O–H groups in total. The van der Waals surface area contributed by atoms with Crippen LogP contribution in [-0.2, 0) is 30.9 Å². The Morgan fingerprint density at radius 3 is 2.54 bits per heavy atom. The highest BCUT2D eigenvalue weighted by atomic mass is 16.6. The number of imidazole rings is 1. The Hall–Kier alpha value is -3.42. The second-order valence-electron chi connectivity index (χ2n) is 10.5. The van der Waals surface area contributed by atoms with Crippen LogP contribution < -0.4 is 11.0 Å². The predicted octanol–water partition coefficient (Wildman–Crippen LogP) is 1.49. The van der Waals surface area contributed by atoms with Crippen LogP contribution in [-0.4, -0.2) is 69.8 Å². The van der Waals surface area contributed by atoms with Crippen LogP contribution in [0.4, 0.5) is 0 Å². The van der Waals surface area contributed by atoms with Crippen LogP contribution in [0.1, 0.15) is 58.1 Å². The second-order valence-corrected chi connectivity index (χ2v) is 10.5. The maximum Gasteiger partial charge on any atom is 0.329 e. The number of carbonyl (C=O) groups excluding carboxylic acids is 3. The van der Waals surface area contributed by atoms with Gasteiger partial charge >= 0.3 is 11.7 Å². The zero-order chi connectivity index (χ0) is 26.7. The van der Waals surface area contributed by atoms with E-state index >= 15 is 0 Å². The van der Waals surface area contributed by atoms with Gasteiger partial charge in [-0.3, -0.25) is 33.7 Å². The van der Waals surface area contributed by atoms with Crippen LogP contribution >= 0.6 is 0 Å². The van der Waals surface area contributed by atoms with Crippen LogP contribution in [0.2, 0.25) is 0 Å². The topological polar surface area (TPSA) is 112 Å². The molecule has 10 heteroatoms. The van der Waals surface area contributed by atoms with Gasteiger partial charge in [-0.15, -0.1) is 0 Å². The summed E-state index contributed by atoms with van der Waals surface area (Å²) in [7, 11) is 1.65. The lowest BCUT2D eigenvalue weighted by Crippen LogP contribution is -2.44. The van der Waals surface area contributed by atoms with E-state index in [1.165, 1.54) is 9.13 Å². The molecule has 0 spiro atoms. The third kappa shape index (κ3) is 6.29. The molecule has 4 rings (SSSR count). The molecule has 198 valence electrons. The van der Waals surface area contributed by atoms with E-state index in [9.17, 15) is 19.2 Å². The Labute approximate surface area is 215 Å². The van der Waals surface area contributed by atoms with E-state index in [2.05, 4.69) is 22.1 Å². The van der Waals surface area contributed by atoms with Crippen molar-refractivity contribution < 1.29 is 23.9 Å². The average molecular weight is 511 g/mol. The van der Waals surface area contributed by atoms with Crippen molar-refractivity contribution in [1.29, 1.82) is 0 Å². The molecule has 1 aromatic heterocycles. The number of amides is 2. The van der Waals surface area contributed by atoms with Crippen molar-refractivity contribution in [1.82, 2.24) is 19.4 Å². The Bertz CT molecular complexity index is 1310. The molecule has 0 radical (unpaired) electrons. The van der Waals surface area contributed by atoms with Crippen molar-refractivity contribution in [2.45, 2.75) is 64.2 Å². The molecular weight excluding hydrogens is 476 g/mol. The highest BCUT2D eigenvalue weighted by Crippen LogP contribution is 2.24. The number of rotatable bonds is 5. The Morgan fingerprint density at radius 2 is 1.86 bits per heavy atom. The second kappa shape index (κ2) is 10.9. The molecule has 0 aliphatic carbocycles. The molecule has 2 fully saturated rings. The fraction of sp³-hybridized carbons (Fsp3) is 0.556. The Kier molecular flexibility index (Phi) is 7.85. The fourth-order valence-electron chi connectivity index (χ4n) is 4.85. The number of esters is 1.